The van der Waals surface area contributed by atoms with Gasteiger partial charge < -0.3 is 4.98 Å². The van der Waals surface area contributed by atoms with E-state index in [4.69, 9.17) is 5.84 Å². The van der Waals surface area contributed by atoms with Crippen LogP contribution in [0.15, 0.2) is 9.27 Å². The Balaban J connectivity index is 3.52. The molecule has 1 aromatic heterocycles. The minimum absolute atomic E-state index is 0.0324. The maximum atomic E-state index is 11.6. The fraction of sp³-hybridized carbons (Fsp3) is 0.250. The molecule has 14 heavy (non-hydrogen) atoms. The van der Waals surface area contributed by atoms with Gasteiger partial charge >= 0.3 is 0 Å². The Morgan fingerprint density at radius 1 is 1.43 bits per heavy atom. The van der Waals surface area contributed by atoms with Crippen molar-refractivity contribution in [1.29, 1.82) is 0 Å². The Bertz CT molecular complexity index is 439. The number of aromatic nitrogens is 1. The number of halogens is 1. The van der Waals surface area contributed by atoms with E-state index in [1.807, 2.05) is 5.43 Å². The van der Waals surface area contributed by atoms with Gasteiger partial charge in [-0.05, 0) is 29.8 Å². The van der Waals surface area contributed by atoms with Crippen molar-refractivity contribution in [2.24, 2.45) is 5.84 Å². The van der Waals surface area contributed by atoms with E-state index in [0.29, 0.717) is 15.9 Å². The molecule has 0 aliphatic heterocycles. The van der Waals surface area contributed by atoms with Crippen molar-refractivity contribution in [1.82, 2.24) is 10.4 Å². The van der Waals surface area contributed by atoms with E-state index < -0.39 is 5.91 Å². The quantitative estimate of drug-likeness (QED) is 0.387. The Kier molecular flexibility index (Phi) is 3.07. The monoisotopic (exact) mass is 259 g/mol. The molecule has 0 aliphatic carbocycles. The van der Waals surface area contributed by atoms with Gasteiger partial charge in [0.2, 0.25) is 5.43 Å². The topological polar surface area (TPSA) is 88.0 Å². The molecule has 0 spiro atoms. The van der Waals surface area contributed by atoms with E-state index in [2.05, 4.69) is 20.9 Å². The number of aryl methyl sites for hydroxylation is 2. The van der Waals surface area contributed by atoms with Crippen molar-refractivity contribution < 1.29 is 4.79 Å². The molecule has 0 saturated carbocycles. The average Bonchev–Trinajstić information content (AvgIpc) is 2.14. The van der Waals surface area contributed by atoms with Crippen molar-refractivity contribution >= 4 is 21.8 Å². The summed E-state index contributed by atoms with van der Waals surface area (Å²) in [5.41, 5.74) is 2.78. The summed E-state index contributed by atoms with van der Waals surface area (Å²) in [6, 6.07) is 0. The second kappa shape index (κ2) is 3.93. The minimum atomic E-state index is -0.593. The van der Waals surface area contributed by atoms with E-state index in [0.717, 1.165) is 0 Å². The second-order valence-electron chi connectivity index (χ2n) is 2.87. The lowest BCUT2D eigenvalue weighted by Gasteiger charge is -2.06. The molecule has 0 bridgehead atoms. The van der Waals surface area contributed by atoms with Crippen LogP contribution < -0.4 is 16.7 Å². The zero-order valence-corrected chi connectivity index (χ0v) is 9.36. The van der Waals surface area contributed by atoms with Crippen molar-refractivity contribution in [3.63, 3.8) is 0 Å². The minimum Gasteiger partial charge on any atom is -0.361 e. The first-order valence-corrected chi connectivity index (χ1v) is 4.68. The lowest BCUT2D eigenvalue weighted by molar-refractivity contribution is 0.0951. The smallest absolute Gasteiger partial charge is 0.270 e. The number of aromatic amines is 1. The van der Waals surface area contributed by atoms with Gasteiger partial charge in [0.15, 0.2) is 0 Å². The van der Waals surface area contributed by atoms with Crippen LogP contribution in [0.1, 0.15) is 21.7 Å². The average molecular weight is 260 g/mol. The summed E-state index contributed by atoms with van der Waals surface area (Å²) in [7, 11) is 0. The first kappa shape index (κ1) is 10.9. The number of hydrazine groups is 1. The standard InChI is InChI=1S/C8H10BrN3O2/c1-3-5(8(14)12-10)7(13)6(9)4(2)11-3/h10H2,1-2H3,(H,11,13)(H,12,14). The van der Waals surface area contributed by atoms with Gasteiger partial charge in [0.1, 0.15) is 5.56 Å². The summed E-state index contributed by atoms with van der Waals surface area (Å²) in [5, 5.41) is 0. The first-order chi connectivity index (χ1) is 6.49. The molecule has 0 aliphatic rings. The highest BCUT2D eigenvalue weighted by Crippen LogP contribution is 2.11. The SMILES string of the molecule is Cc1[nH]c(C)c(C(=O)NN)c(=O)c1Br. The maximum Gasteiger partial charge on any atom is 0.270 e. The third-order valence-corrected chi connectivity index (χ3v) is 2.82. The number of nitrogens with two attached hydrogens (primary N) is 1. The number of hydrogen-bond donors (Lipinski definition) is 3. The fourth-order valence-corrected chi connectivity index (χ4v) is 1.49. The van der Waals surface area contributed by atoms with Crippen LogP contribution in [-0.4, -0.2) is 10.9 Å². The largest absolute Gasteiger partial charge is 0.361 e. The lowest BCUT2D eigenvalue weighted by Crippen LogP contribution is -2.35. The lowest BCUT2D eigenvalue weighted by atomic mass is 10.1. The summed E-state index contributed by atoms with van der Waals surface area (Å²) >= 11 is 3.10. The molecule has 0 saturated heterocycles. The van der Waals surface area contributed by atoms with Gasteiger partial charge in [-0.25, -0.2) is 5.84 Å². The summed E-state index contributed by atoms with van der Waals surface area (Å²) < 4.78 is 0.349. The zero-order chi connectivity index (χ0) is 10.9. The van der Waals surface area contributed by atoms with Crippen molar-refractivity contribution in [3.8, 4) is 0 Å². The van der Waals surface area contributed by atoms with Gasteiger partial charge in [-0.3, -0.25) is 15.0 Å². The second-order valence-corrected chi connectivity index (χ2v) is 3.66. The molecule has 6 heteroatoms. The van der Waals surface area contributed by atoms with Crippen LogP contribution in [0.25, 0.3) is 0 Å². The molecule has 4 N–H and O–H groups in total. The van der Waals surface area contributed by atoms with Crippen molar-refractivity contribution in [2.75, 3.05) is 0 Å². The van der Waals surface area contributed by atoms with Crippen LogP contribution in [-0.2, 0) is 0 Å². The summed E-state index contributed by atoms with van der Waals surface area (Å²) in [5.74, 6) is 4.37. The van der Waals surface area contributed by atoms with E-state index in [1.165, 1.54) is 0 Å². The van der Waals surface area contributed by atoms with E-state index in [-0.39, 0.29) is 11.0 Å². The Hall–Kier alpha value is -1.14. The van der Waals surface area contributed by atoms with Gasteiger partial charge in [0.05, 0.1) is 4.47 Å². The number of nitrogens with one attached hydrogen (secondary N) is 2. The van der Waals surface area contributed by atoms with Crippen LogP contribution in [0, 0.1) is 13.8 Å². The number of rotatable bonds is 1. The molecule has 5 nitrogen and oxygen atoms in total. The summed E-state index contributed by atoms with van der Waals surface area (Å²) in [6.45, 7) is 3.38. The number of pyridine rings is 1. The predicted molar refractivity (Wildman–Crippen MR) is 55.9 cm³/mol. The molecule has 1 aromatic rings. The van der Waals surface area contributed by atoms with E-state index >= 15 is 0 Å². The molecular weight excluding hydrogens is 250 g/mol. The zero-order valence-electron chi connectivity index (χ0n) is 7.77. The number of hydrogen-bond acceptors (Lipinski definition) is 3. The van der Waals surface area contributed by atoms with E-state index in [1.54, 1.807) is 13.8 Å². The van der Waals surface area contributed by atoms with Crippen molar-refractivity contribution in [3.05, 3.63) is 31.6 Å². The van der Waals surface area contributed by atoms with Crippen LogP contribution in [0.5, 0.6) is 0 Å². The van der Waals surface area contributed by atoms with Gasteiger partial charge in [-0.2, -0.15) is 0 Å². The molecular formula is C8H10BrN3O2. The van der Waals surface area contributed by atoms with Gasteiger partial charge in [-0.1, -0.05) is 0 Å². The molecule has 1 amide bonds. The molecule has 1 heterocycles. The Labute approximate surface area is 88.8 Å². The number of carbonyl (C=O) groups excluding carboxylic acids is 1. The third kappa shape index (κ3) is 1.71. The molecule has 0 radical (unpaired) electrons. The molecule has 0 aromatic carbocycles. The van der Waals surface area contributed by atoms with Gasteiger partial charge in [0, 0.05) is 11.4 Å². The van der Waals surface area contributed by atoms with Gasteiger partial charge in [0.25, 0.3) is 5.91 Å². The normalized spacial score (nSPS) is 10.0. The number of amides is 1. The van der Waals surface area contributed by atoms with Gasteiger partial charge in [-0.15, -0.1) is 0 Å². The van der Waals surface area contributed by atoms with Crippen LogP contribution >= 0.6 is 15.9 Å². The Morgan fingerprint density at radius 2 is 2.00 bits per heavy atom. The molecule has 0 unspecified atom stereocenters. The van der Waals surface area contributed by atoms with Crippen LogP contribution in [0.4, 0.5) is 0 Å². The van der Waals surface area contributed by atoms with Crippen LogP contribution in [0.3, 0.4) is 0 Å². The number of H-pyrrole nitrogens is 1. The van der Waals surface area contributed by atoms with Crippen molar-refractivity contribution in [2.45, 2.75) is 13.8 Å². The number of carbonyl (C=O) groups is 1. The highest BCUT2D eigenvalue weighted by molar-refractivity contribution is 9.10. The maximum absolute atomic E-state index is 11.6. The fourth-order valence-electron chi connectivity index (χ4n) is 1.19. The molecule has 0 atom stereocenters. The third-order valence-electron chi connectivity index (χ3n) is 1.86. The summed E-state index contributed by atoms with van der Waals surface area (Å²) in [4.78, 5) is 25.8. The first-order valence-electron chi connectivity index (χ1n) is 3.89. The number of nitrogen functional groups attached to an aromatic ring is 1. The molecule has 76 valence electrons. The highest BCUT2D eigenvalue weighted by Gasteiger charge is 2.16. The summed E-state index contributed by atoms with van der Waals surface area (Å²) in [6.07, 6.45) is 0. The Morgan fingerprint density at radius 3 is 2.50 bits per heavy atom. The molecule has 0 fully saturated rings. The highest BCUT2D eigenvalue weighted by atomic mass is 79.9. The molecule has 1 rings (SSSR count). The van der Waals surface area contributed by atoms with Crippen LogP contribution in [0.2, 0.25) is 0 Å². The van der Waals surface area contributed by atoms with E-state index in [9.17, 15) is 9.59 Å². The predicted octanol–water partition coefficient (Wildman–Crippen LogP) is 0.358.